The molecule has 0 saturated heterocycles. The van der Waals surface area contributed by atoms with Crippen LogP contribution in [0.15, 0.2) is 12.7 Å². The summed E-state index contributed by atoms with van der Waals surface area (Å²) >= 11 is 0. The zero-order chi connectivity index (χ0) is 8.10. The standard InChI is InChI=1S/C10H20Si/c1-3-9-11(2)10-7-5-4-6-8-10/h3,10-11H,1,4-9H2,2H3. The normalized spacial score (nSPS) is 23.0. The van der Waals surface area contributed by atoms with Crippen LogP contribution in [0, 0.1) is 0 Å². The van der Waals surface area contributed by atoms with E-state index in [1.165, 1.54) is 38.1 Å². The lowest BCUT2D eigenvalue weighted by atomic mass is 10.0. The summed E-state index contributed by atoms with van der Waals surface area (Å²) in [5.41, 5.74) is 1.14. The quantitative estimate of drug-likeness (QED) is 0.448. The molecule has 0 aromatic heterocycles. The van der Waals surface area contributed by atoms with Crippen molar-refractivity contribution in [2.75, 3.05) is 0 Å². The maximum Gasteiger partial charge on any atom is 0.0405 e. The summed E-state index contributed by atoms with van der Waals surface area (Å²) in [6.45, 7) is 6.34. The smallest absolute Gasteiger partial charge is 0.0405 e. The molecule has 1 atom stereocenters. The van der Waals surface area contributed by atoms with Crippen LogP contribution in [0.5, 0.6) is 0 Å². The zero-order valence-corrected chi connectivity index (χ0v) is 8.84. The van der Waals surface area contributed by atoms with Crippen molar-refractivity contribution >= 4 is 8.80 Å². The molecule has 64 valence electrons. The molecule has 1 aliphatic carbocycles. The van der Waals surface area contributed by atoms with E-state index >= 15 is 0 Å². The van der Waals surface area contributed by atoms with Gasteiger partial charge in [-0.15, -0.1) is 6.58 Å². The minimum absolute atomic E-state index is 0.402. The molecule has 0 aromatic carbocycles. The second-order valence-corrected chi connectivity index (χ2v) is 7.27. The van der Waals surface area contributed by atoms with Crippen LogP contribution in [0.4, 0.5) is 0 Å². The van der Waals surface area contributed by atoms with E-state index in [0.29, 0.717) is 0 Å². The molecule has 0 heterocycles. The lowest BCUT2D eigenvalue weighted by molar-refractivity contribution is 0.496. The van der Waals surface area contributed by atoms with Crippen LogP contribution in [0.2, 0.25) is 18.1 Å². The highest BCUT2D eigenvalue weighted by molar-refractivity contribution is 6.59. The highest BCUT2D eigenvalue weighted by atomic mass is 28.3. The van der Waals surface area contributed by atoms with Crippen LogP contribution in [0.3, 0.4) is 0 Å². The Balaban J connectivity index is 2.26. The van der Waals surface area contributed by atoms with Gasteiger partial charge in [-0.05, 0) is 11.6 Å². The van der Waals surface area contributed by atoms with Crippen molar-refractivity contribution in [3.63, 3.8) is 0 Å². The van der Waals surface area contributed by atoms with Crippen LogP contribution in [-0.2, 0) is 0 Å². The molecule has 0 radical (unpaired) electrons. The largest absolute Gasteiger partial charge is 0.103 e. The molecule has 11 heavy (non-hydrogen) atoms. The topological polar surface area (TPSA) is 0 Å². The summed E-state index contributed by atoms with van der Waals surface area (Å²) in [5.74, 6) is 0. The van der Waals surface area contributed by atoms with Crippen LogP contribution in [0.1, 0.15) is 32.1 Å². The Hall–Kier alpha value is -0.0431. The van der Waals surface area contributed by atoms with Crippen LogP contribution in [0.25, 0.3) is 0 Å². The second-order valence-electron chi connectivity index (χ2n) is 3.90. The number of allylic oxidation sites excluding steroid dienone is 1. The molecule has 1 fully saturated rings. The van der Waals surface area contributed by atoms with Gasteiger partial charge in [0, 0.05) is 8.80 Å². The molecular weight excluding hydrogens is 148 g/mol. The first-order valence-corrected chi connectivity index (χ1v) is 7.59. The van der Waals surface area contributed by atoms with Gasteiger partial charge in [-0.3, -0.25) is 0 Å². The first kappa shape index (κ1) is 9.05. The van der Waals surface area contributed by atoms with E-state index in [4.69, 9.17) is 0 Å². The third-order valence-electron chi connectivity index (χ3n) is 2.99. The average molecular weight is 168 g/mol. The summed E-state index contributed by atoms with van der Waals surface area (Å²) in [7, 11) is -0.402. The van der Waals surface area contributed by atoms with Gasteiger partial charge >= 0.3 is 0 Å². The predicted molar refractivity (Wildman–Crippen MR) is 54.9 cm³/mol. The molecule has 1 heteroatoms. The molecule has 1 saturated carbocycles. The summed E-state index contributed by atoms with van der Waals surface area (Å²) in [4.78, 5) is 0. The molecule has 0 N–H and O–H groups in total. The Morgan fingerprint density at radius 1 is 1.36 bits per heavy atom. The van der Waals surface area contributed by atoms with Crippen LogP contribution in [-0.4, -0.2) is 8.80 Å². The fraction of sp³-hybridized carbons (Fsp3) is 0.800. The minimum Gasteiger partial charge on any atom is -0.103 e. The Morgan fingerprint density at radius 3 is 2.55 bits per heavy atom. The first-order valence-electron chi connectivity index (χ1n) is 4.95. The highest BCUT2D eigenvalue weighted by Gasteiger charge is 2.19. The maximum atomic E-state index is 3.83. The van der Waals surface area contributed by atoms with Crippen molar-refractivity contribution in [3.8, 4) is 0 Å². The number of hydrogen-bond donors (Lipinski definition) is 0. The average Bonchev–Trinajstić information content (AvgIpc) is 2.07. The Labute approximate surface area is 72.3 Å². The summed E-state index contributed by atoms with van der Waals surface area (Å²) in [6, 6.07) is 1.35. The SMILES string of the molecule is C=CC[SiH](C)C1CCCCC1. The van der Waals surface area contributed by atoms with Crippen molar-refractivity contribution < 1.29 is 0 Å². The van der Waals surface area contributed by atoms with E-state index in [9.17, 15) is 0 Å². The summed E-state index contributed by atoms with van der Waals surface area (Å²) in [6.07, 6.45) is 9.68. The molecule has 0 bridgehead atoms. The van der Waals surface area contributed by atoms with Crippen LogP contribution < -0.4 is 0 Å². The Morgan fingerprint density at radius 2 is 2.00 bits per heavy atom. The van der Waals surface area contributed by atoms with Gasteiger partial charge in [-0.25, -0.2) is 0 Å². The highest BCUT2D eigenvalue weighted by Crippen LogP contribution is 2.32. The lowest BCUT2D eigenvalue weighted by Gasteiger charge is -2.25. The van der Waals surface area contributed by atoms with Gasteiger partial charge in [-0.1, -0.05) is 44.7 Å². The Bertz CT molecular complexity index is 114. The van der Waals surface area contributed by atoms with Crippen LogP contribution >= 0.6 is 0 Å². The summed E-state index contributed by atoms with van der Waals surface area (Å²) < 4.78 is 0. The van der Waals surface area contributed by atoms with Crippen molar-refractivity contribution in [1.82, 2.24) is 0 Å². The first-order chi connectivity index (χ1) is 5.34. The monoisotopic (exact) mass is 168 g/mol. The van der Waals surface area contributed by atoms with E-state index in [1.54, 1.807) is 0 Å². The minimum atomic E-state index is -0.402. The van der Waals surface area contributed by atoms with Gasteiger partial charge in [0.15, 0.2) is 0 Å². The van der Waals surface area contributed by atoms with Crippen molar-refractivity contribution in [2.45, 2.75) is 50.2 Å². The van der Waals surface area contributed by atoms with E-state index in [2.05, 4.69) is 19.2 Å². The molecule has 1 rings (SSSR count). The lowest BCUT2D eigenvalue weighted by Crippen LogP contribution is -2.18. The van der Waals surface area contributed by atoms with Gasteiger partial charge < -0.3 is 0 Å². The number of hydrogen-bond acceptors (Lipinski definition) is 0. The van der Waals surface area contributed by atoms with Gasteiger partial charge in [-0.2, -0.15) is 0 Å². The molecule has 0 aromatic rings. The van der Waals surface area contributed by atoms with Gasteiger partial charge in [0.25, 0.3) is 0 Å². The van der Waals surface area contributed by atoms with Crippen molar-refractivity contribution in [3.05, 3.63) is 12.7 Å². The zero-order valence-electron chi connectivity index (χ0n) is 7.68. The molecule has 1 aliphatic rings. The second kappa shape index (κ2) is 4.76. The third-order valence-corrected chi connectivity index (χ3v) is 6.35. The summed E-state index contributed by atoms with van der Waals surface area (Å²) in [5, 5.41) is 0. The fourth-order valence-corrected chi connectivity index (χ4v) is 4.68. The molecule has 0 aliphatic heterocycles. The van der Waals surface area contributed by atoms with E-state index in [0.717, 1.165) is 5.54 Å². The third kappa shape index (κ3) is 2.82. The Kier molecular flexibility index (Phi) is 3.91. The van der Waals surface area contributed by atoms with E-state index < -0.39 is 8.80 Å². The van der Waals surface area contributed by atoms with Crippen molar-refractivity contribution in [2.24, 2.45) is 0 Å². The van der Waals surface area contributed by atoms with Gasteiger partial charge in [0.1, 0.15) is 0 Å². The van der Waals surface area contributed by atoms with Crippen molar-refractivity contribution in [1.29, 1.82) is 0 Å². The van der Waals surface area contributed by atoms with Gasteiger partial charge in [0.05, 0.1) is 0 Å². The molecule has 0 nitrogen and oxygen atoms in total. The van der Waals surface area contributed by atoms with E-state index in [1.807, 2.05) is 0 Å². The fourth-order valence-electron chi connectivity index (χ4n) is 2.16. The molecule has 0 amide bonds. The maximum absolute atomic E-state index is 3.83. The molecule has 1 unspecified atom stereocenters. The molecular formula is C10H20Si. The number of rotatable bonds is 3. The molecule has 0 spiro atoms. The van der Waals surface area contributed by atoms with E-state index in [-0.39, 0.29) is 0 Å². The van der Waals surface area contributed by atoms with Gasteiger partial charge in [0.2, 0.25) is 0 Å². The predicted octanol–water partition coefficient (Wildman–Crippen LogP) is 3.36.